The predicted molar refractivity (Wildman–Crippen MR) is 93.4 cm³/mol. The Morgan fingerprint density at radius 2 is 1.95 bits per heavy atom. The Hall–Kier alpha value is -1.02. The van der Waals surface area contributed by atoms with Crippen LogP contribution >= 0.6 is 24.0 Å². The van der Waals surface area contributed by atoms with Gasteiger partial charge >= 0.3 is 0 Å². The van der Waals surface area contributed by atoms with Gasteiger partial charge in [-0.25, -0.2) is 0 Å². The summed E-state index contributed by atoms with van der Waals surface area (Å²) in [6.07, 6.45) is 0.919. The Morgan fingerprint density at radius 3 is 2.60 bits per heavy atom. The van der Waals surface area contributed by atoms with Crippen LogP contribution in [-0.2, 0) is 11.2 Å². The number of nitrogens with zero attached hydrogens (tertiary/aromatic N) is 1. The molecule has 0 heterocycles. The van der Waals surface area contributed by atoms with Gasteiger partial charge in [0.25, 0.3) is 0 Å². The molecule has 0 aliphatic rings. The molecule has 0 aliphatic carbocycles. The second-order valence-corrected chi connectivity index (χ2v) is 4.02. The maximum atomic E-state index is 5.20. The summed E-state index contributed by atoms with van der Waals surface area (Å²) < 4.78 is 10.2. The van der Waals surface area contributed by atoms with Gasteiger partial charge in [0.1, 0.15) is 5.75 Å². The predicted octanol–water partition coefficient (Wildman–Crippen LogP) is 1.67. The van der Waals surface area contributed by atoms with E-state index in [0.29, 0.717) is 6.61 Å². The highest BCUT2D eigenvalue weighted by Crippen LogP contribution is 2.12. The SMILES string of the molecule is CN=C(NCCOC)NCCc1cccc(OC)c1.I. The van der Waals surface area contributed by atoms with Gasteiger partial charge in [0.05, 0.1) is 13.7 Å². The van der Waals surface area contributed by atoms with Crippen molar-refractivity contribution in [1.29, 1.82) is 0 Å². The van der Waals surface area contributed by atoms with E-state index >= 15 is 0 Å². The monoisotopic (exact) mass is 393 g/mol. The number of rotatable bonds is 7. The number of hydrogen-bond donors (Lipinski definition) is 2. The standard InChI is InChI=1S/C14H23N3O2.HI/c1-15-14(17-9-10-18-2)16-8-7-12-5-4-6-13(11-12)19-3;/h4-6,11H,7-10H2,1-3H3,(H2,15,16,17);1H. The van der Waals surface area contributed by atoms with Crippen molar-refractivity contribution in [2.45, 2.75) is 6.42 Å². The normalized spacial score (nSPS) is 10.7. The lowest BCUT2D eigenvalue weighted by Crippen LogP contribution is -2.39. The van der Waals surface area contributed by atoms with Crippen molar-refractivity contribution < 1.29 is 9.47 Å². The van der Waals surface area contributed by atoms with Crippen LogP contribution in [-0.4, -0.2) is 46.9 Å². The Balaban J connectivity index is 0.00000361. The minimum absolute atomic E-state index is 0. The molecule has 2 N–H and O–H groups in total. The molecule has 0 amide bonds. The van der Waals surface area contributed by atoms with Crippen molar-refractivity contribution in [2.24, 2.45) is 4.99 Å². The average molecular weight is 393 g/mol. The smallest absolute Gasteiger partial charge is 0.191 e. The third kappa shape index (κ3) is 7.54. The lowest BCUT2D eigenvalue weighted by molar-refractivity contribution is 0.203. The molecule has 0 spiro atoms. The molecule has 0 unspecified atom stereocenters. The molecule has 114 valence electrons. The summed E-state index contributed by atoms with van der Waals surface area (Å²) in [4.78, 5) is 4.14. The second kappa shape index (κ2) is 11.8. The third-order valence-corrected chi connectivity index (χ3v) is 2.66. The molecule has 1 aromatic rings. The van der Waals surface area contributed by atoms with E-state index in [1.54, 1.807) is 21.3 Å². The highest BCUT2D eigenvalue weighted by Gasteiger charge is 1.98. The first kappa shape index (κ1) is 19.0. The summed E-state index contributed by atoms with van der Waals surface area (Å²) in [5, 5.41) is 6.43. The third-order valence-electron chi connectivity index (χ3n) is 2.66. The summed E-state index contributed by atoms with van der Waals surface area (Å²) in [7, 11) is 5.12. The molecule has 0 radical (unpaired) electrons. The zero-order chi connectivity index (χ0) is 13.9. The molecule has 0 aromatic heterocycles. The second-order valence-electron chi connectivity index (χ2n) is 4.02. The average Bonchev–Trinajstić information content (AvgIpc) is 2.46. The summed E-state index contributed by atoms with van der Waals surface area (Å²) in [5.41, 5.74) is 1.24. The van der Waals surface area contributed by atoms with E-state index in [1.807, 2.05) is 18.2 Å². The Bertz CT molecular complexity index is 400. The fourth-order valence-corrected chi connectivity index (χ4v) is 1.65. The van der Waals surface area contributed by atoms with Gasteiger partial charge in [0.15, 0.2) is 5.96 Å². The fourth-order valence-electron chi connectivity index (χ4n) is 1.65. The molecule has 0 saturated carbocycles. The van der Waals surface area contributed by atoms with E-state index in [2.05, 4.69) is 21.7 Å². The van der Waals surface area contributed by atoms with Crippen molar-refractivity contribution in [3.8, 4) is 5.75 Å². The highest BCUT2D eigenvalue weighted by atomic mass is 127. The number of guanidine groups is 1. The Kier molecular flexibility index (Phi) is 11.2. The number of hydrogen-bond acceptors (Lipinski definition) is 3. The highest BCUT2D eigenvalue weighted by molar-refractivity contribution is 14.0. The fraction of sp³-hybridized carbons (Fsp3) is 0.500. The molecule has 1 rings (SSSR count). The van der Waals surface area contributed by atoms with E-state index in [9.17, 15) is 0 Å². The summed E-state index contributed by atoms with van der Waals surface area (Å²) in [6.45, 7) is 2.23. The van der Waals surface area contributed by atoms with Crippen LogP contribution in [0, 0.1) is 0 Å². The van der Waals surface area contributed by atoms with Crippen LogP contribution in [0.15, 0.2) is 29.3 Å². The quantitative estimate of drug-likeness (QED) is 0.320. The number of nitrogens with one attached hydrogen (secondary N) is 2. The van der Waals surface area contributed by atoms with Gasteiger partial charge in [0, 0.05) is 27.2 Å². The molecule has 6 heteroatoms. The first-order valence-electron chi connectivity index (χ1n) is 6.36. The number of ether oxygens (including phenoxy) is 2. The molecule has 5 nitrogen and oxygen atoms in total. The minimum atomic E-state index is 0. The van der Waals surface area contributed by atoms with Crippen LogP contribution in [0.5, 0.6) is 5.75 Å². The van der Waals surface area contributed by atoms with Gasteiger partial charge in [-0.2, -0.15) is 0 Å². The zero-order valence-electron chi connectivity index (χ0n) is 12.3. The summed E-state index contributed by atoms with van der Waals surface area (Å²) in [6, 6.07) is 8.08. The molecule has 1 aromatic carbocycles. The van der Waals surface area contributed by atoms with E-state index in [1.165, 1.54) is 5.56 Å². The number of aliphatic imine (C=N–C) groups is 1. The van der Waals surface area contributed by atoms with E-state index in [-0.39, 0.29) is 24.0 Å². The first-order valence-corrected chi connectivity index (χ1v) is 6.36. The van der Waals surface area contributed by atoms with Gasteiger partial charge in [-0.05, 0) is 24.1 Å². The summed E-state index contributed by atoms with van der Waals surface area (Å²) >= 11 is 0. The van der Waals surface area contributed by atoms with Crippen molar-refractivity contribution in [3.05, 3.63) is 29.8 Å². The lowest BCUT2D eigenvalue weighted by Gasteiger charge is -2.11. The van der Waals surface area contributed by atoms with Gasteiger partial charge < -0.3 is 20.1 Å². The van der Waals surface area contributed by atoms with E-state index < -0.39 is 0 Å². The van der Waals surface area contributed by atoms with Crippen LogP contribution in [0.3, 0.4) is 0 Å². The number of halogens is 1. The molecule has 0 aliphatic heterocycles. The van der Waals surface area contributed by atoms with Crippen molar-refractivity contribution in [1.82, 2.24) is 10.6 Å². The van der Waals surface area contributed by atoms with Crippen molar-refractivity contribution >= 4 is 29.9 Å². The maximum absolute atomic E-state index is 5.20. The van der Waals surface area contributed by atoms with Gasteiger partial charge in [0.2, 0.25) is 0 Å². The summed E-state index contributed by atoms with van der Waals surface area (Å²) in [5.74, 6) is 1.68. The van der Waals surface area contributed by atoms with Crippen LogP contribution in [0.2, 0.25) is 0 Å². The molecule has 0 bridgehead atoms. The van der Waals surface area contributed by atoms with Gasteiger partial charge in [-0.15, -0.1) is 24.0 Å². The topological polar surface area (TPSA) is 54.9 Å². The Morgan fingerprint density at radius 1 is 1.20 bits per heavy atom. The van der Waals surface area contributed by atoms with Crippen LogP contribution < -0.4 is 15.4 Å². The van der Waals surface area contributed by atoms with Crippen LogP contribution in [0.4, 0.5) is 0 Å². The van der Waals surface area contributed by atoms with Crippen LogP contribution in [0.25, 0.3) is 0 Å². The number of methoxy groups -OCH3 is 2. The van der Waals surface area contributed by atoms with Crippen molar-refractivity contribution in [3.63, 3.8) is 0 Å². The molecular weight excluding hydrogens is 369 g/mol. The minimum Gasteiger partial charge on any atom is -0.497 e. The van der Waals surface area contributed by atoms with E-state index in [0.717, 1.165) is 31.2 Å². The largest absolute Gasteiger partial charge is 0.497 e. The molecule has 0 atom stereocenters. The zero-order valence-corrected chi connectivity index (χ0v) is 14.6. The van der Waals surface area contributed by atoms with Crippen molar-refractivity contribution in [2.75, 3.05) is 41.0 Å². The number of benzene rings is 1. The Labute approximate surface area is 138 Å². The maximum Gasteiger partial charge on any atom is 0.191 e. The molecule has 20 heavy (non-hydrogen) atoms. The molecule has 0 saturated heterocycles. The first-order chi connectivity index (χ1) is 9.30. The van der Waals surface area contributed by atoms with E-state index in [4.69, 9.17) is 9.47 Å². The van der Waals surface area contributed by atoms with Gasteiger partial charge in [-0.1, -0.05) is 12.1 Å². The molecular formula is C14H24IN3O2. The van der Waals surface area contributed by atoms with Crippen LogP contribution in [0.1, 0.15) is 5.56 Å². The lowest BCUT2D eigenvalue weighted by atomic mass is 10.1. The molecule has 0 fully saturated rings. The van der Waals surface area contributed by atoms with Gasteiger partial charge in [-0.3, -0.25) is 4.99 Å².